The van der Waals surface area contributed by atoms with Gasteiger partial charge in [0.2, 0.25) is 5.95 Å². The molecule has 1 rings (SSSR count). The van der Waals surface area contributed by atoms with Crippen molar-refractivity contribution in [1.82, 2.24) is 14.9 Å². The first-order valence-electron chi connectivity index (χ1n) is 5.97. The van der Waals surface area contributed by atoms with Gasteiger partial charge in [-0.15, -0.1) is 6.42 Å². The lowest BCUT2D eigenvalue weighted by Crippen LogP contribution is -2.27. The predicted octanol–water partition coefficient (Wildman–Crippen LogP) is 1.38. The minimum Gasteiger partial charge on any atom is -0.348 e. The molecular weight excluding hydrogens is 212 g/mol. The Kier molecular flexibility index (Phi) is 5.05. The number of anilines is 1. The summed E-state index contributed by atoms with van der Waals surface area (Å²) >= 11 is 0. The van der Waals surface area contributed by atoms with Crippen LogP contribution in [0.2, 0.25) is 0 Å². The third-order valence-corrected chi connectivity index (χ3v) is 2.77. The van der Waals surface area contributed by atoms with Crippen LogP contribution in [0.15, 0.2) is 6.20 Å². The van der Waals surface area contributed by atoms with E-state index in [9.17, 15) is 0 Å². The summed E-state index contributed by atoms with van der Waals surface area (Å²) in [5.41, 5.74) is 1.14. The average molecular weight is 234 g/mol. The third kappa shape index (κ3) is 3.50. The summed E-state index contributed by atoms with van der Waals surface area (Å²) in [5.74, 6) is 3.72. The molecule has 0 saturated carbocycles. The zero-order valence-electron chi connectivity index (χ0n) is 11.2. The number of terminal acetylenes is 1. The van der Waals surface area contributed by atoms with Crippen molar-refractivity contribution in [2.45, 2.75) is 32.4 Å². The lowest BCUT2D eigenvalue weighted by Gasteiger charge is -2.14. The van der Waals surface area contributed by atoms with Crippen LogP contribution in [0.3, 0.4) is 0 Å². The Labute approximate surface area is 104 Å². The van der Waals surface area contributed by atoms with Crippen molar-refractivity contribution < 1.29 is 0 Å². The monoisotopic (exact) mass is 234 g/mol. The van der Waals surface area contributed by atoms with E-state index in [1.54, 1.807) is 0 Å². The van der Waals surface area contributed by atoms with Gasteiger partial charge in [0.05, 0.1) is 17.9 Å². The van der Waals surface area contributed by atoms with E-state index < -0.39 is 0 Å². The van der Waals surface area contributed by atoms with Gasteiger partial charge in [0.25, 0.3) is 0 Å². The Morgan fingerprint density at radius 3 is 2.76 bits per heavy atom. The molecule has 0 bridgehead atoms. The quantitative estimate of drug-likeness (QED) is 0.755. The highest BCUT2D eigenvalue weighted by Gasteiger charge is 2.09. The Morgan fingerprint density at radius 2 is 2.29 bits per heavy atom. The Morgan fingerprint density at radius 1 is 1.59 bits per heavy atom. The fraction of sp³-hybridized carbons (Fsp3) is 0.615. The van der Waals surface area contributed by atoms with Crippen LogP contribution in [0.25, 0.3) is 0 Å². The third-order valence-electron chi connectivity index (χ3n) is 2.77. The normalized spacial score (nSPS) is 12.2. The van der Waals surface area contributed by atoms with Crippen LogP contribution in [-0.4, -0.2) is 29.7 Å². The first-order valence-corrected chi connectivity index (χ1v) is 5.97. The van der Waals surface area contributed by atoms with Gasteiger partial charge in [-0.25, -0.2) is 4.98 Å². The fourth-order valence-electron chi connectivity index (χ4n) is 1.77. The molecule has 0 aliphatic rings. The predicted molar refractivity (Wildman–Crippen MR) is 71.9 cm³/mol. The molecule has 0 aliphatic heterocycles. The molecule has 0 amide bonds. The molecule has 94 valence electrons. The van der Waals surface area contributed by atoms with Crippen molar-refractivity contribution in [3.05, 3.63) is 11.9 Å². The van der Waals surface area contributed by atoms with Crippen molar-refractivity contribution in [2.75, 3.05) is 19.0 Å². The van der Waals surface area contributed by atoms with E-state index in [4.69, 9.17) is 6.42 Å². The van der Waals surface area contributed by atoms with Gasteiger partial charge in [0.1, 0.15) is 0 Å². The van der Waals surface area contributed by atoms with Crippen molar-refractivity contribution in [3.8, 4) is 12.3 Å². The van der Waals surface area contributed by atoms with Crippen LogP contribution in [0, 0.1) is 12.3 Å². The van der Waals surface area contributed by atoms with E-state index in [-0.39, 0.29) is 6.04 Å². The van der Waals surface area contributed by atoms with Crippen LogP contribution in [0.1, 0.15) is 25.5 Å². The SMILES string of the molecule is C#CC(CCC)NCc1cnc(N(C)C)n1C. The standard InChI is InChI=1S/C13H22N4/c1-6-8-11(7-2)14-9-12-10-15-13(16(3)4)17(12)5/h2,10-11,14H,6,8-9H2,1,3-5H3. The molecule has 1 atom stereocenters. The topological polar surface area (TPSA) is 33.1 Å². The number of aromatic nitrogens is 2. The highest BCUT2D eigenvalue weighted by molar-refractivity contribution is 5.30. The van der Waals surface area contributed by atoms with Gasteiger partial charge in [-0.1, -0.05) is 19.3 Å². The van der Waals surface area contributed by atoms with Crippen molar-refractivity contribution in [2.24, 2.45) is 7.05 Å². The van der Waals surface area contributed by atoms with E-state index >= 15 is 0 Å². The van der Waals surface area contributed by atoms with Gasteiger partial charge in [0, 0.05) is 27.7 Å². The Hall–Kier alpha value is -1.47. The molecule has 1 N–H and O–H groups in total. The summed E-state index contributed by atoms with van der Waals surface area (Å²) in [4.78, 5) is 6.36. The van der Waals surface area contributed by atoms with Gasteiger partial charge in [-0.05, 0) is 6.42 Å². The summed E-state index contributed by atoms with van der Waals surface area (Å²) in [6, 6.07) is 0.151. The Bertz CT molecular complexity index is 387. The maximum atomic E-state index is 5.47. The largest absolute Gasteiger partial charge is 0.348 e. The highest BCUT2D eigenvalue weighted by atomic mass is 15.3. The molecule has 0 spiro atoms. The highest BCUT2D eigenvalue weighted by Crippen LogP contribution is 2.10. The fourth-order valence-corrected chi connectivity index (χ4v) is 1.77. The van der Waals surface area contributed by atoms with Gasteiger partial charge >= 0.3 is 0 Å². The minimum absolute atomic E-state index is 0.151. The van der Waals surface area contributed by atoms with Crippen molar-refractivity contribution >= 4 is 5.95 Å². The summed E-state index contributed by atoms with van der Waals surface area (Å²) in [5, 5.41) is 3.36. The molecule has 0 fully saturated rings. The molecule has 4 nitrogen and oxygen atoms in total. The number of nitrogens with zero attached hydrogens (tertiary/aromatic N) is 3. The molecule has 1 unspecified atom stereocenters. The second-order valence-corrected chi connectivity index (χ2v) is 4.39. The maximum Gasteiger partial charge on any atom is 0.204 e. The van der Waals surface area contributed by atoms with Crippen LogP contribution in [-0.2, 0) is 13.6 Å². The number of imidazole rings is 1. The molecule has 17 heavy (non-hydrogen) atoms. The van der Waals surface area contributed by atoms with Gasteiger partial charge in [-0.3, -0.25) is 5.32 Å². The van der Waals surface area contributed by atoms with E-state index in [1.807, 2.05) is 32.2 Å². The minimum atomic E-state index is 0.151. The first-order chi connectivity index (χ1) is 8.10. The van der Waals surface area contributed by atoms with Gasteiger partial charge in [0.15, 0.2) is 0 Å². The molecular formula is C13H22N4. The van der Waals surface area contributed by atoms with Crippen LogP contribution < -0.4 is 10.2 Å². The molecule has 1 aromatic heterocycles. The number of hydrogen-bond donors (Lipinski definition) is 1. The maximum absolute atomic E-state index is 5.47. The van der Waals surface area contributed by atoms with E-state index in [2.05, 4.69) is 27.7 Å². The number of hydrogen-bond acceptors (Lipinski definition) is 3. The number of nitrogens with one attached hydrogen (secondary N) is 1. The molecule has 1 aromatic rings. The van der Waals surface area contributed by atoms with Crippen LogP contribution in [0.5, 0.6) is 0 Å². The second kappa shape index (κ2) is 6.31. The van der Waals surface area contributed by atoms with Gasteiger partial charge < -0.3 is 9.47 Å². The average Bonchev–Trinajstić information content (AvgIpc) is 2.66. The zero-order valence-corrected chi connectivity index (χ0v) is 11.2. The molecule has 0 aromatic carbocycles. The second-order valence-electron chi connectivity index (χ2n) is 4.39. The Balaban J connectivity index is 2.61. The summed E-state index contributed by atoms with van der Waals surface area (Å²) in [7, 11) is 5.99. The molecule has 4 heteroatoms. The number of rotatable bonds is 6. The van der Waals surface area contributed by atoms with Crippen LogP contribution >= 0.6 is 0 Å². The van der Waals surface area contributed by atoms with Crippen molar-refractivity contribution in [3.63, 3.8) is 0 Å². The lowest BCUT2D eigenvalue weighted by molar-refractivity contribution is 0.550. The first kappa shape index (κ1) is 13.6. The summed E-state index contributed by atoms with van der Waals surface area (Å²) in [6.07, 6.45) is 9.46. The van der Waals surface area contributed by atoms with E-state index in [1.165, 1.54) is 0 Å². The van der Waals surface area contributed by atoms with Gasteiger partial charge in [-0.2, -0.15) is 0 Å². The smallest absolute Gasteiger partial charge is 0.204 e. The molecule has 0 radical (unpaired) electrons. The zero-order chi connectivity index (χ0) is 12.8. The molecule has 1 heterocycles. The van der Waals surface area contributed by atoms with E-state index in [0.29, 0.717) is 0 Å². The van der Waals surface area contributed by atoms with E-state index in [0.717, 1.165) is 31.0 Å². The molecule has 0 aliphatic carbocycles. The lowest BCUT2D eigenvalue weighted by atomic mass is 10.2. The summed E-state index contributed by atoms with van der Waals surface area (Å²) in [6.45, 7) is 2.90. The van der Waals surface area contributed by atoms with Crippen molar-refractivity contribution in [1.29, 1.82) is 0 Å². The summed E-state index contributed by atoms with van der Waals surface area (Å²) < 4.78 is 2.08. The van der Waals surface area contributed by atoms with Crippen LogP contribution in [0.4, 0.5) is 5.95 Å². The molecule has 0 saturated heterocycles.